The third-order valence-electron chi connectivity index (χ3n) is 4.21. The smallest absolute Gasteiger partial charge is 0.209 e. The molecule has 1 aliphatic heterocycles. The summed E-state index contributed by atoms with van der Waals surface area (Å²) >= 11 is 0. The quantitative estimate of drug-likeness (QED) is 0.637. The van der Waals surface area contributed by atoms with E-state index in [2.05, 4.69) is 38.9 Å². The molecule has 0 spiro atoms. The number of rotatable bonds is 5. The number of hydrogen-bond acceptors (Lipinski definition) is 5. The number of halogens is 1. The normalized spacial score (nSPS) is 14.2. The monoisotopic (exact) mass is 381 g/mol. The Bertz CT molecular complexity index is 973. The van der Waals surface area contributed by atoms with Gasteiger partial charge in [0.25, 0.3) is 0 Å². The van der Waals surface area contributed by atoms with E-state index >= 15 is 0 Å². The van der Waals surface area contributed by atoms with Gasteiger partial charge >= 0.3 is 0 Å². The van der Waals surface area contributed by atoms with Crippen molar-refractivity contribution in [2.24, 2.45) is 4.99 Å². The molecule has 1 aliphatic rings. The molecule has 28 heavy (non-hydrogen) atoms. The van der Waals surface area contributed by atoms with Gasteiger partial charge in [-0.2, -0.15) is 9.49 Å². The van der Waals surface area contributed by atoms with Crippen molar-refractivity contribution >= 4 is 5.71 Å². The minimum atomic E-state index is -1.08. The Hall–Kier alpha value is -2.85. The Morgan fingerprint density at radius 1 is 1.32 bits per heavy atom. The lowest BCUT2D eigenvalue weighted by molar-refractivity contribution is 0.143. The first-order chi connectivity index (χ1) is 13.4. The SMILES string of the molecule is CCCc1cc(C#CC(C)(C)O)nnc1Cn1ccnc1C1=NC(F)=CCC1. The molecule has 3 rings (SSSR count). The highest BCUT2D eigenvalue weighted by molar-refractivity contribution is 5.98. The summed E-state index contributed by atoms with van der Waals surface area (Å²) in [5, 5.41) is 18.3. The summed E-state index contributed by atoms with van der Waals surface area (Å²) in [6.07, 6.45) is 8.07. The van der Waals surface area contributed by atoms with Crippen LogP contribution in [-0.4, -0.2) is 36.2 Å². The lowest BCUT2D eigenvalue weighted by Gasteiger charge is -2.13. The average molecular weight is 381 g/mol. The van der Waals surface area contributed by atoms with E-state index < -0.39 is 11.6 Å². The summed E-state index contributed by atoms with van der Waals surface area (Å²) in [6.45, 7) is 5.82. The molecule has 0 atom stereocenters. The molecule has 0 amide bonds. The van der Waals surface area contributed by atoms with Crippen LogP contribution in [-0.2, 0) is 13.0 Å². The fourth-order valence-corrected chi connectivity index (χ4v) is 2.93. The van der Waals surface area contributed by atoms with Crippen LogP contribution in [0.15, 0.2) is 35.5 Å². The molecule has 6 nitrogen and oxygen atoms in total. The number of hydrogen-bond donors (Lipinski definition) is 1. The number of imidazole rings is 1. The number of aliphatic imine (C=N–C) groups is 1. The number of nitrogens with zero attached hydrogens (tertiary/aromatic N) is 5. The van der Waals surface area contributed by atoms with Crippen molar-refractivity contribution < 1.29 is 9.50 Å². The van der Waals surface area contributed by atoms with Crippen molar-refractivity contribution in [3.63, 3.8) is 0 Å². The van der Waals surface area contributed by atoms with E-state index in [0.717, 1.165) is 24.1 Å². The molecule has 0 saturated heterocycles. The van der Waals surface area contributed by atoms with Crippen molar-refractivity contribution in [3.8, 4) is 11.8 Å². The number of allylic oxidation sites excluding steroid dienone is 1. The summed E-state index contributed by atoms with van der Waals surface area (Å²) in [4.78, 5) is 8.36. The van der Waals surface area contributed by atoms with Crippen molar-refractivity contribution in [1.82, 2.24) is 19.7 Å². The Labute approximate surface area is 164 Å². The predicted molar refractivity (Wildman–Crippen MR) is 105 cm³/mol. The minimum Gasteiger partial charge on any atom is -0.378 e. The van der Waals surface area contributed by atoms with Crippen LogP contribution < -0.4 is 0 Å². The maximum Gasteiger partial charge on any atom is 0.209 e. The molecule has 3 heterocycles. The fourth-order valence-electron chi connectivity index (χ4n) is 2.93. The second kappa shape index (κ2) is 8.44. The fraction of sp³-hybridized carbons (Fsp3) is 0.429. The van der Waals surface area contributed by atoms with Crippen LogP contribution in [0.2, 0.25) is 0 Å². The van der Waals surface area contributed by atoms with Crippen molar-refractivity contribution in [1.29, 1.82) is 0 Å². The maximum atomic E-state index is 13.5. The van der Waals surface area contributed by atoms with Gasteiger partial charge in [0.2, 0.25) is 5.95 Å². The van der Waals surface area contributed by atoms with Gasteiger partial charge in [0.15, 0.2) is 5.82 Å². The van der Waals surface area contributed by atoms with Gasteiger partial charge in [-0.25, -0.2) is 9.98 Å². The highest BCUT2D eigenvalue weighted by Crippen LogP contribution is 2.18. The number of aromatic nitrogens is 4. The summed E-state index contributed by atoms with van der Waals surface area (Å²) in [6, 6.07) is 1.92. The molecule has 0 aromatic carbocycles. The van der Waals surface area contributed by atoms with E-state index in [1.54, 1.807) is 20.0 Å². The molecule has 0 unspecified atom stereocenters. The zero-order valence-corrected chi connectivity index (χ0v) is 16.4. The molecule has 146 valence electrons. The Kier molecular flexibility index (Phi) is 6.00. The second-order valence-corrected chi connectivity index (χ2v) is 7.26. The molecule has 1 N–H and O–H groups in total. The Morgan fingerprint density at radius 2 is 2.14 bits per heavy atom. The number of aliphatic hydroxyl groups is 1. The van der Waals surface area contributed by atoms with Crippen LogP contribution in [0.5, 0.6) is 0 Å². The first kappa shape index (κ1) is 19.9. The highest BCUT2D eigenvalue weighted by Gasteiger charge is 2.16. The molecular formula is C21H24FN5O. The van der Waals surface area contributed by atoms with Gasteiger partial charge in [0.1, 0.15) is 11.3 Å². The van der Waals surface area contributed by atoms with Gasteiger partial charge in [0, 0.05) is 12.4 Å². The Morgan fingerprint density at radius 3 is 2.86 bits per heavy atom. The van der Waals surface area contributed by atoms with E-state index in [1.807, 2.05) is 16.8 Å². The lowest BCUT2D eigenvalue weighted by Crippen LogP contribution is -2.16. The molecule has 0 radical (unpaired) electrons. The molecule has 2 aromatic rings. The van der Waals surface area contributed by atoms with E-state index in [4.69, 9.17) is 0 Å². The largest absolute Gasteiger partial charge is 0.378 e. The molecule has 0 aliphatic carbocycles. The topological polar surface area (TPSA) is 76.2 Å². The molecular weight excluding hydrogens is 357 g/mol. The van der Waals surface area contributed by atoms with Crippen molar-refractivity contribution in [2.75, 3.05) is 0 Å². The first-order valence-corrected chi connectivity index (χ1v) is 9.41. The van der Waals surface area contributed by atoms with Crippen LogP contribution in [0.1, 0.15) is 62.8 Å². The van der Waals surface area contributed by atoms with Crippen LogP contribution in [0.25, 0.3) is 0 Å². The lowest BCUT2D eigenvalue weighted by atomic mass is 10.1. The van der Waals surface area contributed by atoms with E-state index in [0.29, 0.717) is 36.6 Å². The predicted octanol–water partition coefficient (Wildman–Crippen LogP) is 3.19. The van der Waals surface area contributed by atoms with Crippen LogP contribution >= 0.6 is 0 Å². The van der Waals surface area contributed by atoms with Gasteiger partial charge < -0.3 is 9.67 Å². The average Bonchev–Trinajstić information content (AvgIpc) is 3.10. The van der Waals surface area contributed by atoms with Gasteiger partial charge in [-0.1, -0.05) is 19.3 Å². The third-order valence-corrected chi connectivity index (χ3v) is 4.21. The molecule has 0 bridgehead atoms. The van der Waals surface area contributed by atoms with E-state index in [9.17, 15) is 9.50 Å². The Balaban J connectivity index is 1.90. The molecule has 2 aromatic heterocycles. The van der Waals surface area contributed by atoms with Gasteiger partial charge in [0.05, 0.1) is 18.0 Å². The summed E-state index contributed by atoms with van der Waals surface area (Å²) in [7, 11) is 0. The molecule has 0 saturated carbocycles. The minimum absolute atomic E-state index is 0.461. The maximum absolute atomic E-state index is 13.5. The van der Waals surface area contributed by atoms with Gasteiger partial charge in [-0.05, 0) is 56.7 Å². The van der Waals surface area contributed by atoms with Gasteiger partial charge in [-0.3, -0.25) is 0 Å². The molecule has 0 fully saturated rings. The second-order valence-electron chi connectivity index (χ2n) is 7.26. The zero-order valence-electron chi connectivity index (χ0n) is 16.4. The van der Waals surface area contributed by atoms with Crippen LogP contribution in [0.3, 0.4) is 0 Å². The standard InChI is InChI=1S/C21H24FN5O/c1-4-6-15-13-16(9-10-21(2,3)28)25-26-18(15)14-27-12-11-23-20(27)17-7-5-8-19(22)24-17/h8,11-13,28H,4-7,14H2,1-3H3. The van der Waals surface area contributed by atoms with E-state index in [1.165, 1.54) is 6.08 Å². The van der Waals surface area contributed by atoms with Crippen LogP contribution in [0, 0.1) is 11.8 Å². The van der Waals surface area contributed by atoms with Crippen molar-refractivity contribution in [3.05, 3.63) is 53.3 Å². The third kappa shape index (κ3) is 5.11. The van der Waals surface area contributed by atoms with Crippen LogP contribution in [0.4, 0.5) is 4.39 Å². The van der Waals surface area contributed by atoms with Gasteiger partial charge in [-0.15, -0.1) is 5.10 Å². The van der Waals surface area contributed by atoms with E-state index in [-0.39, 0.29) is 0 Å². The zero-order chi connectivity index (χ0) is 20.1. The summed E-state index contributed by atoms with van der Waals surface area (Å²) in [5.41, 5.74) is 1.96. The molecule has 7 heteroatoms. The number of aryl methyl sites for hydroxylation is 1. The first-order valence-electron chi connectivity index (χ1n) is 9.41. The highest BCUT2D eigenvalue weighted by atomic mass is 19.1. The summed E-state index contributed by atoms with van der Waals surface area (Å²) in [5.74, 6) is 5.83. The van der Waals surface area contributed by atoms with Crippen molar-refractivity contribution in [2.45, 2.75) is 58.6 Å². The summed E-state index contributed by atoms with van der Waals surface area (Å²) < 4.78 is 15.5.